The van der Waals surface area contributed by atoms with Crippen LogP contribution in [0.2, 0.25) is 0 Å². The molecule has 0 aliphatic carbocycles. The monoisotopic (exact) mass is 328 g/mol. The van der Waals surface area contributed by atoms with Gasteiger partial charge in [0.05, 0.1) is 11.1 Å². The Bertz CT molecular complexity index is 788. The number of hydrogen-bond donors (Lipinski definition) is 2. The molecule has 0 fully saturated rings. The normalized spacial score (nSPS) is 11.4. The number of benzene rings is 2. The second kappa shape index (κ2) is 7.04. The van der Waals surface area contributed by atoms with Crippen LogP contribution in [0.25, 0.3) is 10.8 Å². The molecule has 0 aliphatic heterocycles. The first-order valence-electron chi connectivity index (χ1n) is 8.26. The molecule has 0 atom stereocenters. The molecular weight excluding hydrogens is 304 g/mol. The molecule has 4 heteroatoms. The van der Waals surface area contributed by atoms with E-state index in [1.165, 1.54) is 6.07 Å². The summed E-state index contributed by atoms with van der Waals surface area (Å²) >= 11 is 0. The maximum absolute atomic E-state index is 12.0. The van der Waals surface area contributed by atoms with Crippen molar-refractivity contribution < 1.29 is 19.8 Å². The van der Waals surface area contributed by atoms with Crippen molar-refractivity contribution in [3.8, 4) is 0 Å². The molecule has 24 heavy (non-hydrogen) atoms. The summed E-state index contributed by atoms with van der Waals surface area (Å²) in [6.07, 6.45) is 1.39. The van der Waals surface area contributed by atoms with Gasteiger partial charge in [-0.2, -0.15) is 0 Å². The number of carboxylic acid groups (broad SMARTS) is 2. The van der Waals surface area contributed by atoms with Gasteiger partial charge in [0.1, 0.15) is 0 Å². The summed E-state index contributed by atoms with van der Waals surface area (Å²) in [4.78, 5) is 23.6. The molecule has 0 aliphatic rings. The molecule has 2 N–H and O–H groups in total. The second-order valence-electron chi connectivity index (χ2n) is 7.10. The average molecular weight is 328 g/mol. The predicted octanol–water partition coefficient (Wildman–Crippen LogP) is 4.63. The van der Waals surface area contributed by atoms with E-state index in [4.69, 9.17) is 0 Å². The van der Waals surface area contributed by atoms with Crippen LogP contribution in [-0.2, 0) is 12.8 Å². The van der Waals surface area contributed by atoms with Crippen LogP contribution >= 0.6 is 0 Å². The number of aromatic carboxylic acids is 2. The highest BCUT2D eigenvalue weighted by Gasteiger charge is 2.23. The van der Waals surface area contributed by atoms with Crippen LogP contribution in [0.1, 0.15) is 59.5 Å². The highest BCUT2D eigenvalue weighted by Crippen LogP contribution is 2.32. The molecule has 0 spiro atoms. The van der Waals surface area contributed by atoms with Crippen molar-refractivity contribution in [1.29, 1.82) is 0 Å². The summed E-state index contributed by atoms with van der Waals surface area (Å²) in [5.41, 5.74) is 1.97. The zero-order valence-corrected chi connectivity index (χ0v) is 14.6. The lowest BCUT2D eigenvalue weighted by molar-refractivity contribution is 0.0694. The minimum atomic E-state index is -1.10. The Morgan fingerprint density at radius 1 is 0.958 bits per heavy atom. The van der Waals surface area contributed by atoms with E-state index in [0.717, 1.165) is 17.5 Å². The Morgan fingerprint density at radius 3 is 2.08 bits per heavy atom. The van der Waals surface area contributed by atoms with E-state index in [1.54, 1.807) is 12.1 Å². The van der Waals surface area contributed by atoms with Gasteiger partial charge in [-0.1, -0.05) is 45.9 Å². The molecule has 0 saturated heterocycles. The van der Waals surface area contributed by atoms with E-state index < -0.39 is 11.9 Å². The molecule has 0 radical (unpaired) electrons. The average Bonchev–Trinajstić information content (AvgIpc) is 2.45. The summed E-state index contributed by atoms with van der Waals surface area (Å²) in [5, 5.41) is 20.3. The molecule has 2 aromatic rings. The maximum atomic E-state index is 12.0. The Hall–Kier alpha value is -2.36. The molecule has 0 unspecified atom stereocenters. The molecule has 2 rings (SSSR count). The third-order valence-electron chi connectivity index (χ3n) is 4.05. The van der Waals surface area contributed by atoms with Gasteiger partial charge in [0, 0.05) is 5.39 Å². The van der Waals surface area contributed by atoms with Crippen LogP contribution in [0, 0.1) is 11.8 Å². The van der Waals surface area contributed by atoms with Crippen molar-refractivity contribution in [2.75, 3.05) is 0 Å². The zero-order valence-electron chi connectivity index (χ0n) is 14.6. The van der Waals surface area contributed by atoms with E-state index in [-0.39, 0.29) is 17.0 Å². The van der Waals surface area contributed by atoms with E-state index in [1.807, 2.05) is 19.9 Å². The first kappa shape index (κ1) is 18.0. The van der Waals surface area contributed by atoms with Gasteiger partial charge in [-0.15, -0.1) is 0 Å². The Morgan fingerprint density at radius 2 is 1.58 bits per heavy atom. The van der Waals surface area contributed by atoms with Crippen molar-refractivity contribution in [1.82, 2.24) is 0 Å². The van der Waals surface area contributed by atoms with E-state index in [0.29, 0.717) is 23.1 Å². The van der Waals surface area contributed by atoms with Crippen LogP contribution in [-0.4, -0.2) is 22.2 Å². The highest BCUT2D eigenvalue weighted by molar-refractivity contribution is 6.13. The summed E-state index contributed by atoms with van der Waals surface area (Å²) in [6, 6.07) is 6.89. The van der Waals surface area contributed by atoms with E-state index >= 15 is 0 Å². The second-order valence-corrected chi connectivity index (χ2v) is 7.10. The fraction of sp³-hybridized carbons (Fsp3) is 0.400. The molecule has 0 aromatic heterocycles. The van der Waals surface area contributed by atoms with Gasteiger partial charge in [0.15, 0.2) is 0 Å². The predicted molar refractivity (Wildman–Crippen MR) is 95.0 cm³/mol. The van der Waals surface area contributed by atoms with Crippen molar-refractivity contribution >= 4 is 22.7 Å². The summed E-state index contributed by atoms with van der Waals surface area (Å²) < 4.78 is 0. The van der Waals surface area contributed by atoms with Crippen LogP contribution in [0.3, 0.4) is 0 Å². The van der Waals surface area contributed by atoms with Gasteiger partial charge in [-0.25, -0.2) is 9.59 Å². The molecule has 0 heterocycles. The Kier molecular flexibility index (Phi) is 5.27. The lowest BCUT2D eigenvalue weighted by Crippen LogP contribution is -2.13. The molecule has 0 amide bonds. The first-order valence-corrected chi connectivity index (χ1v) is 8.26. The fourth-order valence-corrected chi connectivity index (χ4v) is 3.23. The van der Waals surface area contributed by atoms with Crippen LogP contribution in [0.5, 0.6) is 0 Å². The van der Waals surface area contributed by atoms with E-state index in [9.17, 15) is 19.8 Å². The van der Waals surface area contributed by atoms with Crippen molar-refractivity contribution in [2.45, 2.75) is 40.5 Å². The SMILES string of the molecule is CC(C)Cc1cc2cccc(C(=O)O)c2c(C(=O)O)c1CC(C)C. The maximum Gasteiger partial charge on any atom is 0.336 e. The minimum Gasteiger partial charge on any atom is -0.478 e. The van der Waals surface area contributed by atoms with Crippen LogP contribution in [0.15, 0.2) is 24.3 Å². The molecule has 0 saturated carbocycles. The number of hydrogen-bond acceptors (Lipinski definition) is 2. The van der Waals surface area contributed by atoms with Crippen LogP contribution < -0.4 is 0 Å². The molecular formula is C20H24O4. The number of carbonyl (C=O) groups is 2. The highest BCUT2D eigenvalue weighted by atomic mass is 16.4. The minimum absolute atomic E-state index is 0.0472. The van der Waals surface area contributed by atoms with Crippen LogP contribution in [0.4, 0.5) is 0 Å². The third kappa shape index (κ3) is 3.58. The molecule has 4 nitrogen and oxygen atoms in total. The van der Waals surface area contributed by atoms with E-state index in [2.05, 4.69) is 13.8 Å². The smallest absolute Gasteiger partial charge is 0.336 e. The standard InChI is InChI=1S/C20H24O4/c1-11(2)8-14-10-13-6-5-7-15(19(21)22)17(13)18(20(23)24)16(14)9-12(3)4/h5-7,10-12H,8-9H2,1-4H3,(H,21,22)(H,23,24). The van der Waals surface area contributed by atoms with Crippen molar-refractivity contribution in [2.24, 2.45) is 11.8 Å². The Labute approximate surface area is 142 Å². The quantitative estimate of drug-likeness (QED) is 0.810. The van der Waals surface area contributed by atoms with Crippen molar-refractivity contribution in [3.63, 3.8) is 0 Å². The van der Waals surface area contributed by atoms with Gasteiger partial charge in [0.2, 0.25) is 0 Å². The lowest BCUT2D eigenvalue weighted by atomic mass is 9.84. The van der Waals surface area contributed by atoms with Gasteiger partial charge < -0.3 is 10.2 Å². The summed E-state index contributed by atoms with van der Waals surface area (Å²) in [6.45, 7) is 8.27. The van der Waals surface area contributed by atoms with Gasteiger partial charge in [-0.3, -0.25) is 0 Å². The summed E-state index contributed by atoms with van der Waals surface area (Å²) in [5.74, 6) is -1.49. The Balaban J connectivity index is 2.93. The largest absolute Gasteiger partial charge is 0.478 e. The summed E-state index contributed by atoms with van der Waals surface area (Å²) in [7, 11) is 0. The third-order valence-corrected chi connectivity index (χ3v) is 4.05. The first-order chi connectivity index (χ1) is 11.2. The molecule has 0 bridgehead atoms. The number of carboxylic acids is 2. The fourth-order valence-electron chi connectivity index (χ4n) is 3.23. The molecule has 128 valence electrons. The zero-order chi connectivity index (χ0) is 18.0. The topological polar surface area (TPSA) is 74.6 Å². The van der Waals surface area contributed by atoms with Gasteiger partial charge in [-0.05, 0) is 47.3 Å². The van der Waals surface area contributed by atoms with Crippen molar-refractivity contribution in [3.05, 3.63) is 46.5 Å². The van der Waals surface area contributed by atoms with Gasteiger partial charge in [0.25, 0.3) is 0 Å². The number of fused-ring (bicyclic) bond motifs is 1. The van der Waals surface area contributed by atoms with Gasteiger partial charge >= 0.3 is 11.9 Å². The molecule has 2 aromatic carbocycles. The number of rotatable bonds is 6. The lowest BCUT2D eigenvalue weighted by Gasteiger charge is -2.19.